The Morgan fingerprint density at radius 3 is 1.83 bits per heavy atom. The first-order valence-electron chi connectivity index (χ1n) is 12.2. The van der Waals surface area contributed by atoms with Crippen LogP contribution in [0.3, 0.4) is 0 Å². The molecule has 0 unspecified atom stereocenters. The van der Waals surface area contributed by atoms with Crippen molar-refractivity contribution in [3.8, 4) is 22.3 Å². The Balaban J connectivity index is 1.50. The summed E-state index contributed by atoms with van der Waals surface area (Å²) in [5, 5.41) is 0. The number of aryl methyl sites for hydroxylation is 1. The summed E-state index contributed by atoms with van der Waals surface area (Å²) in [5.41, 5.74) is 1.39. The van der Waals surface area contributed by atoms with E-state index in [2.05, 4.69) is 6.92 Å². The summed E-state index contributed by atoms with van der Waals surface area (Å²) >= 11 is 0. The number of hydrogen-bond donors (Lipinski definition) is 0. The molecule has 3 aromatic carbocycles. The first kappa shape index (κ1) is 25.4. The van der Waals surface area contributed by atoms with Crippen LogP contribution in [0.4, 0.5) is 17.6 Å². The van der Waals surface area contributed by atoms with Gasteiger partial charge in [-0.05, 0) is 29.5 Å². The fraction of sp³-hybridized carbons (Fsp3) is 0.379. The van der Waals surface area contributed by atoms with Crippen molar-refractivity contribution in [3.05, 3.63) is 82.9 Å². The molecule has 1 aliphatic heterocycles. The van der Waals surface area contributed by atoms with Crippen molar-refractivity contribution in [2.45, 2.75) is 52.2 Å². The van der Waals surface area contributed by atoms with E-state index in [4.69, 9.17) is 9.47 Å². The molecule has 0 atom stereocenters. The summed E-state index contributed by atoms with van der Waals surface area (Å²) in [4.78, 5) is 0. The topological polar surface area (TPSA) is 18.5 Å². The van der Waals surface area contributed by atoms with Crippen LogP contribution in [-0.4, -0.2) is 13.2 Å². The van der Waals surface area contributed by atoms with Gasteiger partial charge in [-0.2, -0.15) is 0 Å². The van der Waals surface area contributed by atoms with Crippen LogP contribution in [0.5, 0.6) is 0 Å². The van der Waals surface area contributed by atoms with Gasteiger partial charge in [0.25, 0.3) is 0 Å². The summed E-state index contributed by atoms with van der Waals surface area (Å²) in [5.74, 6) is -3.53. The van der Waals surface area contributed by atoms with Gasteiger partial charge in [-0.15, -0.1) is 0 Å². The van der Waals surface area contributed by atoms with Crippen molar-refractivity contribution in [1.29, 1.82) is 0 Å². The van der Waals surface area contributed by atoms with Gasteiger partial charge in [0.05, 0.1) is 13.2 Å². The fourth-order valence-corrected chi connectivity index (χ4v) is 4.46. The van der Waals surface area contributed by atoms with Crippen molar-refractivity contribution in [2.75, 3.05) is 13.2 Å². The molecule has 0 N–H and O–H groups in total. The Morgan fingerprint density at radius 1 is 0.686 bits per heavy atom. The first-order valence-corrected chi connectivity index (χ1v) is 12.2. The second kappa shape index (κ2) is 11.4. The first-order chi connectivity index (χ1) is 16.9. The zero-order valence-electron chi connectivity index (χ0n) is 20.1. The third-order valence-corrected chi connectivity index (χ3v) is 6.60. The molecule has 0 aliphatic carbocycles. The van der Waals surface area contributed by atoms with E-state index in [1.54, 1.807) is 37.3 Å². The summed E-state index contributed by atoms with van der Waals surface area (Å²) in [6.45, 7) is 4.80. The van der Waals surface area contributed by atoms with E-state index in [1.807, 2.05) is 0 Å². The molecule has 0 aromatic heterocycles. The van der Waals surface area contributed by atoms with Gasteiger partial charge in [0.1, 0.15) is 0 Å². The van der Waals surface area contributed by atoms with E-state index in [-0.39, 0.29) is 22.6 Å². The lowest BCUT2D eigenvalue weighted by Crippen LogP contribution is -2.27. The minimum absolute atomic E-state index is 0.0310. The van der Waals surface area contributed by atoms with Crippen molar-refractivity contribution in [2.24, 2.45) is 5.92 Å². The van der Waals surface area contributed by atoms with Gasteiger partial charge in [-0.3, -0.25) is 0 Å². The molecule has 1 aliphatic rings. The zero-order chi connectivity index (χ0) is 24.9. The average molecular weight is 487 g/mol. The second-order valence-electron chi connectivity index (χ2n) is 9.02. The van der Waals surface area contributed by atoms with Crippen LogP contribution in [0.25, 0.3) is 22.3 Å². The Morgan fingerprint density at radius 2 is 1.26 bits per heavy atom. The molecular weight excluding hydrogens is 456 g/mol. The van der Waals surface area contributed by atoms with Gasteiger partial charge in [-0.1, -0.05) is 81.6 Å². The van der Waals surface area contributed by atoms with E-state index < -0.39 is 29.6 Å². The van der Waals surface area contributed by atoms with E-state index in [0.717, 1.165) is 25.7 Å². The highest BCUT2D eigenvalue weighted by Gasteiger charge is 2.28. The van der Waals surface area contributed by atoms with Crippen LogP contribution < -0.4 is 0 Å². The number of hydrogen-bond acceptors (Lipinski definition) is 2. The number of ether oxygens (including phenoxy) is 2. The van der Waals surface area contributed by atoms with Crippen molar-refractivity contribution in [3.63, 3.8) is 0 Å². The molecule has 1 heterocycles. The largest absolute Gasteiger partial charge is 0.348 e. The average Bonchev–Trinajstić information content (AvgIpc) is 2.88. The number of halogens is 4. The third-order valence-electron chi connectivity index (χ3n) is 6.60. The van der Waals surface area contributed by atoms with Crippen LogP contribution in [0.1, 0.15) is 56.9 Å². The molecule has 4 rings (SSSR count). The third kappa shape index (κ3) is 5.44. The van der Waals surface area contributed by atoms with Gasteiger partial charge in [-0.25, -0.2) is 17.6 Å². The van der Waals surface area contributed by atoms with Crippen LogP contribution in [0.2, 0.25) is 0 Å². The minimum Gasteiger partial charge on any atom is -0.348 e. The van der Waals surface area contributed by atoms with Gasteiger partial charge in [0, 0.05) is 22.6 Å². The normalized spacial score (nSPS) is 18.1. The number of benzene rings is 3. The molecule has 1 fully saturated rings. The van der Waals surface area contributed by atoms with Gasteiger partial charge in [0.15, 0.2) is 29.6 Å². The van der Waals surface area contributed by atoms with Crippen LogP contribution in [0, 0.1) is 29.2 Å². The Labute approximate surface area is 203 Å². The Hall–Kier alpha value is -2.70. The molecule has 0 bridgehead atoms. The molecule has 3 aromatic rings. The maximum Gasteiger partial charge on any atom is 0.186 e. The SMILES string of the molecule is CCCCCC1COC(c2ccc(-c3ccc(-c4ccc(CC)c(F)c4F)cc3)c(F)c2F)OC1. The quantitative estimate of drug-likeness (QED) is 0.235. The minimum atomic E-state index is -1.01. The maximum absolute atomic E-state index is 15.0. The molecule has 0 spiro atoms. The monoisotopic (exact) mass is 486 g/mol. The van der Waals surface area contributed by atoms with Crippen molar-refractivity contribution < 1.29 is 27.0 Å². The second-order valence-corrected chi connectivity index (χ2v) is 9.02. The summed E-state index contributed by atoms with van der Waals surface area (Å²) in [7, 11) is 0. The predicted molar refractivity (Wildman–Crippen MR) is 129 cm³/mol. The highest BCUT2D eigenvalue weighted by Crippen LogP contribution is 2.35. The maximum atomic E-state index is 15.0. The molecule has 0 radical (unpaired) electrons. The van der Waals surface area contributed by atoms with Crippen molar-refractivity contribution in [1.82, 2.24) is 0 Å². The zero-order valence-corrected chi connectivity index (χ0v) is 20.1. The fourth-order valence-electron chi connectivity index (χ4n) is 4.46. The van der Waals surface area contributed by atoms with Crippen LogP contribution in [-0.2, 0) is 15.9 Å². The molecule has 35 heavy (non-hydrogen) atoms. The molecule has 0 amide bonds. The predicted octanol–water partition coefficient (Wildman–Crippen LogP) is 8.38. The standard InChI is InChI=1S/C29H30F4O2/c1-3-5-6-7-18-16-34-29(35-17-18)24-15-14-23(27(32)28(24)33)21-10-8-20(9-11-21)22-13-12-19(4-2)25(30)26(22)31/h8-15,18,29H,3-7,16-17H2,1-2H3. The van der Waals surface area contributed by atoms with Gasteiger partial charge >= 0.3 is 0 Å². The number of unbranched alkanes of at least 4 members (excludes halogenated alkanes) is 2. The molecule has 186 valence electrons. The number of rotatable bonds is 8. The lowest BCUT2D eigenvalue weighted by Gasteiger charge is -2.30. The molecular formula is C29H30F4O2. The lowest BCUT2D eigenvalue weighted by atomic mass is 9.97. The summed E-state index contributed by atoms with van der Waals surface area (Å²) < 4.78 is 70.0. The van der Waals surface area contributed by atoms with E-state index in [9.17, 15) is 13.2 Å². The van der Waals surface area contributed by atoms with Gasteiger partial charge in [0.2, 0.25) is 0 Å². The summed E-state index contributed by atoms with van der Waals surface area (Å²) in [6, 6.07) is 12.3. The molecule has 6 heteroatoms. The highest BCUT2D eigenvalue weighted by molar-refractivity contribution is 5.71. The summed E-state index contributed by atoms with van der Waals surface area (Å²) in [6.07, 6.45) is 3.83. The Bertz CT molecular complexity index is 1150. The highest BCUT2D eigenvalue weighted by atomic mass is 19.2. The molecule has 2 nitrogen and oxygen atoms in total. The van der Waals surface area contributed by atoms with E-state index in [1.165, 1.54) is 18.2 Å². The van der Waals surface area contributed by atoms with Gasteiger partial charge < -0.3 is 9.47 Å². The van der Waals surface area contributed by atoms with E-state index >= 15 is 4.39 Å². The van der Waals surface area contributed by atoms with E-state index in [0.29, 0.717) is 36.3 Å². The van der Waals surface area contributed by atoms with Crippen LogP contribution >= 0.6 is 0 Å². The smallest absolute Gasteiger partial charge is 0.186 e. The molecule has 1 saturated heterocycles. The Kier molecular flexibility index (Phi) is 8.24. The van der Waals surface area contributed by atoms with Crippen LogP contribution in [0.15, 0.2) is 48.5 Å². The molecule has 0 saturated carbocycles. The lowest BCUT2D eigenvalue weighted by molar-refractivity contribution is -0.207. The van der Waals surface area contributed by atoms with Crippen molar-refractivity contribution >= 4 is 0 Å².